The van der Waals surface area contributed by atoms with Crippen LogP contribution in [0.3, 0.4) is 0 Å². The van der Waals surface area contributed by atoms with Crippen LogP contribution in [0, 0.1) is 0 Å². The molecular formula is C46H28N4S. The molecule has 0 fully saturated rings. The molecule has 4 nitrogen and oxygen atoms in total. The summed E-state index contributed by atoms with van der Waals surface area (Å²) in [5.41, 5.74) is 11.3. The summed E-state index contributed by atoms with van der Waals surface area (Å²) < 4.78 is 2.06. The molecule has 11 rings (SSSR count). The van der Waals surface area contributed by atoms with Crippen molar-refractivity contribution in [2.24, 2.45) is 0 Å². The topological polar surface area (TPSA) is 43.6 Å². The van der Waals surface area contributed by atoms with Gasteiger partial charge in [0.15, 0.2) is 0 Å². The number of rotatable bonds is 2. The standard InChI is InChI=1S/C46H28N4S/c1-3-11-34-29(9-1)20-22-39-43(34)51-42-15-6-5-14-38(42)46(39)37-13-4-2-10-30(37)16-17-31-18-19-33(28-40(31)46)32-21-23-41-36(27-32)35-12-7-24-47-44(35)50(41)45-48-25-8-26-49-45/h1-28H. The number of hydrogen-bond acceptors (Lipinski definition) is 4. The first kappa shape index (κ1) is 28.5. The highest BCUT2D eigenvalue weighted by molar-refractivity contribution is 7.99. The van der Waals surface area contributed by atoms with Gasteiger partial charge in [0.05, 0.1) is 10.9 Å². The molecule has 5 heteroatoms. The van der Waals surface area contributed by atoms with E-state index in [1.54, 1.807) is 12.4 Å². The van der Waals surface area contributed by atoms with Crippen LogP contribution < -0.4 is 0 Å². The quantitative estimate of drug-likeness (QED) is 0.184. The lowest BCUT2D eigenvalue weighted by atomic mass is 9.63. The van der Waals surface area contributed by atoms with Crippen LogP contribution in [0.1, 0.15) is 33.4 Å². The predicted octanol–water partition coefficient (Wildman–Crippen LogP) is 11.1. The largest absolute Gasteiger partial charge is 0.262 e. The fourth-order valence-corrected chi connectivity index (χ4v) is 9.82. The maximum Gasteiger partial charge on any atom is 0.235 e. The summed E-state index contributed by atoms with van der Waals surface area (Å²) in [7, 11) is 0. The van der Waals surface area contributed by atoms with Gasteiger partial charge in [-0.3, -0.25) is 4.57 Å². The molecule has 9 aromatic rings. The molecular weight excluding hydrogens is 641 g/mol. The minimum absolute atomic E-state index is 0.540. The molecule has 0 saturated carbocycles. The number of nitrogens with zero attached hydrogens (tertiary/aromatic N) is 4. The van der Waals surface area contributed by atoms with Crippen LogP contribution in [-0.4, -0.2) is 19.5 Å². The van der Waals surface area contributed by atoms with E-state index in [2.05, 4.69) is 154 Å². The fraction of sp³-hybridized carbons (Fsp3) is 0.0217. The summed E-state index contributed by atoms with van der Waals surface area (Å²) in [5.74, 6) is 0.612. The lowest BCUT2D eigenvalue weighted by molar-refractivity contribution is 0.704. The summed E-state index contributed by atoms with van der Waals surface area (Å²) in [5, 5.41) is 4.74. The van der Waals surface area contributed by atoms with Gasteiger partial charge in [-0.15, -0.1) is 0 Å². The molecule has 0 radical (unpaired) electrons. The van der Waals surface area contributed by atoms with Crippen molar-refractivity contribution < 1.29 is 0 Å². The minimum atomic E-state index is -0.540. The minimum Gasteiger partial charge on any atom is -0.262 e. The molecule has 0 amide bonds. The van der Waals surface area contributed by atoms with Gasteiger partial charge < -0.3 is 0 Å². The molecule has 3 aromatic heterocycles. The van der Waals surface area contributed by atoms with Crippen molar-refractivity contribution in [3.8, 4) is 17.1 Å². The molecule has 238 valence electrons. The highest BCUT2D eigenvalue weighted by atomic mass is 32.2. The van der Waals surface area contributed by atoms with Crippen molar-refractivity contribution in [3.63, 3.8) is 0 Å². The maximum absolute atomic E-state index is 4.78. The summed E-state index contributed by atoms with van der Waals surface area (Å²) in [4.78, 5) is 16.6. The molecule has 4 heterocycles. The van der Waals surface area contributed by atoms with E-state index in [0.717, 1.165) is 27.5 Å². The van der Waals surface area contributed by atoms with Gasteiger partial charge >= 0.3 is 0 Å². The van der Waals surface area contributed by atoms with Gasteiger partial charge in [-0.2, -0.15) is 0 Å². The molecule has 0 N–H and O–H groups in total. The van der Waals surface area contributed by atoms with Crippen molar-refractivity contribution in [2.75, 3.05) is 0 Å². The Labute approximate surface area is 298 Å². The average Bonchev–Trinajstić information content (AvgIpc) is 3.45. The summed E-state index contributed by atoms with van der Waals surface area (Å²) in [6, 6.07) is 51.2. The van der Waals surface area contributed by atoms with Crippen LogP contribution in [-0.2, 0) is 5.41 Å². The van der Waals surface area contributed by atoms with E-state index in [9.17, 15) is 0 Å². The summed E-state index contributed by atoms with van der Waals surface area (Å²) >= 11 is 1.90. The molecule has 6 aromatic carbocycles. The average molecular weight is 669 g/mol. The Balaban J connectivity index is 1.21. The normalized spacial score (nSPS) is 15.8. The number of fused-ring (bicyclic) bond motifs is 13. The fourth-order valence-electron chi connectivity index (χ4n) is 8.50. The van der Waals surface area contributed by atoms with Crippen LogP contribution in [0.25, 0.3) is 61.9 Å². The Morgan fingerprint density at radius 2 is 1.22 bits per heavy atom. The zero-order chi connectivity index (χ0) is 33.5. The second-order valence-corrected chi connectivity index (χ2v) is 14.3. The number of aromatic nitrogens is 4. The van der Waals surface area contributed by atoms with Gasteiger partial charge in [-0.25, -0.2) is 15.0 Å². The Bertz CT molecular complexity index is 2910. The molecule has 1 spiro atoms. The van der Waals surface area contributed by atoms with Crippen LogP contribution in [0.2, 0.25) is 0 Å². The smallest absolute Gasteiger partial charge is 0.235 e. The van der Waals surface area contributed by atoms with Crippen LogP contribution >= 0.6 is 11.8 Å². The Kier molecular flexibility index (Phi) is 6.07. The van der Waals surface area contributed by atoms with E-state index >= 15 is 0 Å². The van der Waals surface area contributed by atoms with Gasteiger partial charge in [-0.1, -0.05) is 121 Å². The van der Waals surface area contributed by atoms with Crippen LogP contribution in [0.5, 0.6) is 0 Å². The maximum atomic E-state index is 4.78. The van der Waals surface area contributed by atoms with Crippen LogP contribution in [0.4, 0.5) is 0 Å². The molecule has 1 atom stereocenters. The third-order valence-corrected chi connectivity index (χ3v) is 11.9. The monoisotopic (exact) mass is 668 g/mol. The van der Waals surface area contributed by atoms with E-state index < -0.39 is 5.41 Å². The van der Waals surface area contributed by atoms with E-state index in [-0.39, 0.29) is 0 Å². The highest BCUT2D eigenvalue weighted by Crippen LogP contribution is 2.59. The molecule has 1 aliphatic carbocycles. The van der Waals surface area contributed by atoms with E-state index in [4.69, 9.17) is 4.98 Å². The second kappa shape index (κ2) is 10.8. The predicted molar refractivity (Wildman–Crippen MR) is 208 cm³/mol. The number of pyridine rings is 1. The van der Waals surface area contributed by atoms with Gasteiger partial charge in [0.2, 0.25) is 5.95 Å². The first-order valence-corrected chi connectivity index (χ1v) is 18.0. The SMILES string of the molecule is C1=Cc2ccc(-c3ccc4c(c3)c3cccnc3n4-c3ncccn3)cc2C2(c3ccccc31)c1ccccc1Sc1c2ccc2ccccc12. The van der Waals surface area contributed by atoms with Crippen molar-refractivity contribution in [2.45, 2.75) is 15.2 Å². The van der Waals surface area contributed by atoms with Crippen molar-refractivity contribution in [1.82, 2.24) is 19.5 Å². The lowest BCUT2D eigenvalue weighted by Crippen LogP contribution is -2.35. The highest BCUT2D eigenvalue weighted by Gasteiger charge is 2.47. The molecule has 0 bridgehead atoms. The van der Waals surface area contributed by atoms with E-state index in [1.165, 1.54) is 59.5 Å². The Hall–Kier alpha value is -6.30. The second-order valence-electron chi connectivity index (χ2n) is 13.2. The third-order valence-electron chi connectivity index (χ3n) is 10.7. The summed E-state index contributed by atoms with van der Waals surface area (Å²) in [6.45, 7) is 0. The zero-order valence-corrected chi connectivity index (χ0v) is 28.2. The molecule has 1 unspecified atom stereocenters. The van der Waals surface area contributed by atoms with Gasteiger partial charge in [0, 0.05) is 39.2 Å². The van der Waals surface area contributed by atoms with E-state index in [0.29, 0.717) is 5.95 Å². The Morgan fingerprint density at radius 1 is 0.490 bits per heavy atom. The molecule has 51 heavy (non-hydrogen) atoms. The van der Waals surface area contributed by atoms with Gasteiger partial charge in [0.25, 0.3) is 0 Å². The van der Waals surface area contributed by atoms with E-state index in [1.807, 2.05) is 30.1 Å². The molecule has 2 aliphatic rings. The molecule has 0 saturated heterocycles. The first-order chi connectivity index (χ1) is 25.3. The lowest BCUT2D eigenvalue weighted by Gasteiger charge is -2.43. The third kappa shape index (κ3) is 4.01. The summed E-state index contributed by atoms with van der Waals surface area (Å²) in [6.07, 6.45) is 9.99. The zero-order valence-electron chi connectivity index (χ0n) is 27.4. The van der Waals surface area contributed by atoms with Gasteiger partial charge in [-0.05, 0) is 97.7 Å². The number of benzene rings is 6. The first-order valence-electron chi connectivity index (χ1n) is 17.2. The van der Waals surface area contributed by atoms with Crippen molar-refractivity contribution >= 4 is 56.6 Å². The number of hydrogen-bond donors (Lipinski definition) is 0. The van der Waals surface area contributed by atoms with Crippen molar-refractivity contribution in [1.29, 1.82) is 0 Å². The van der Waals surface area contributed by atoms with Gasteiger partial charge in [0.1, 0.15) is 5.65 Å². The van der Waals surface area contributed by atoms with Crippen molar-refractivity contribution in [3.05, 3.63) is 191 Å². The molecule has 1 aliphatic heterocycles. The van der Waals surface area contributed by atoms with Crippen LogP contribution in [0.15, 0.2) is 168 Å². The Morgan fingerprint density at radius 3 is 2.14 bits per heavy atom.